The van der Waals surface area contributed by atoms with Gasteiger partial charge in [0.05, 0.1) is 12.2 Å². The Balaban J connectivity index is 1.42. The van der Waals surface area contributed by atoms with E-state index in [4.69, 9.17) is 9.84 Å². The number of Topliss-reactive ketones (excluding diaryl/α,β-unsaturated/α-hetero) is 1. The van der Waals surface area contributed by atoms with Crippen molar-refractivity contribution in [1.29, 1.82) is 0 Å². The summed E-state index contributed by atoms with van der Waals surface area (Å²) in [6.45, 7) is 8.22. The second-order valence-corrected chi connectivity index (χ2v) is 11.9. The number of carbonyl (C=O) groups is 2. The minimum Gasteiger partial charge on any atom is -0.481 e. The van der Waals surface area contributed by atoms with Crippen LogP contribution in [0.3, 0.4) is 0 Å². The molecule has 1 spiro atoms. The Bertz CT molecular complexity index is 712. The van der Waals surface area contributed by atoms with E-state index in [1.165, 1.54) is 25.7 Å². The van der Waals surface area contributed by atoms with Crippen molar-refractivity contribution in [2.45, 2.75) is 90.6 Å². The number of carbonyl (C=O) groups excluding carboxylic acids is 1. The summed E-state index contributed by atoms with van der Waals surface area (Å²) in [7, 11) is 0. The molecule has 1 saturated heterocycles. The fraction of sp³-hybridized carbons (Fsp3) is 0.920. The Labute approximate surface area is 175 Å². The Hall–Kier alpha value is -0.900. The number of carboxylic acid groups (broad SMARTS) is 1. The third-order valence-electron chi connectivity index (χ3n) is 10.8. The molecule has 5 rings (SSSR count). The summed E-state index contributed by atoms with van der Waals surface area (Å²) in [5.41, 5.74) is 0.688. The summed E-state index contributed by atoms with van der Waals surface area (Å²) < 4.78 is 6.27. The third kappa shape index (κ3) is 2.87. The molecule has 0 amide bonds. The number of ether oxygens (including phenoxy) is 1. The van der Waals surface area contributed by atoms with Crippen molar-refractivity contribution >= 4 is 11.8 Å². The monoisotopic (exact) mass is 402 g/mol. The van der Waals surface area contributed by atoms with Gasteiger partial charge in [0.15, 0.2) is 0 Å². The van der Waals surface area contributed by atoms with Gasteiger partial charge in [-0.15, -0.1) is 0 Å². The van der Waals surface area contributed by atoms with E-state index in [0.717, 1.165) is 38.7 Å². The molecule has 1 aliphatic heterocycles. The SMILES string of the molecule is CC(CCC(=O)O)C1CCC2C3C(CC[C@]12C)[C@@]1(C)CCC(=O)CC1CC31CO1. The molecule has 0 radical (unpaired) electrons. The molecule has 0 bridgehead atoms. The number of aliphatic carboxylic acids is 1. The minimum absolute atomic E-state index is 0.0536. The smallest absolute Gasteiger partial charge is 0.303 e. The summed E-state index contributed by atoms with van der Waals surface area (Å²) in [5, 5.41) is 9.15. The lowest BCUT2D eigenvalue weighted by atomic mass is 9.42. The largest absolute Gasteiger partial charge is 0.481 e. The second kappa shape index (κ2) is 6.55. The number of hydrogen-bond acceptors (Lipinski definition) is 3. The van der Waals surface area contributed by atoms with E-state index in [-0.39, 0.29) is 5.60 Å². The van der Waals surface area contributed by atoms with E-state index < -0.39 is 5.97 Å². The van der Waals surface area contributed by atoms with Crippen LogP contribution in [0.15, 0.2) is 0 Å². The fourth-order valence-corrected chi connectivity index (χ4v) is 9.11. The first-order valence-corrected chi connectivity index (χ1v) is 12.1. The average Bonchev–Trinajstić information content (AvgIpc) is 3.34. The Morgan fingerprint density at radius 2 is 1.90 bits per heavy atom. The van der Waals surface area contributed by atoms with E-state index in [2.05, 4.69) is 20.8 Å². The number of hydrogen-bond donors (Lipinski definition) is 1. The lowest BCUT2D eigenvalue weighted by molar-refractivity contribution is -0.157. The van der Waals surface area contributed by atoms with E-state index in [1.54, 1.807) is 0 Å². The molecule has 29 heavy (non-hydrogen) atoms. The van der Waals surface area contributed by atoms with Crippen LogP contribution in [0.1, 0.15) is 85.0 Å². The van der Waals surface area contributed by atoms with Gasteiger partial charge in [-0.25, -0.2) is 0 Å². The second-order valence-electron chi connectivity index (χ2n) is 11.9. The van der Waals surface area contributed by atoms with Crippen molar-refractivity contribution in [3.05, 3.63) is 0 Å². The highest BCUT2D eigenvalue weighted by Gasteiger charge is 2.71. The van der Waals surface area contributed by atoms with Crippen LogP contribution in [-0.4, -0.2) is 29.1 Å². The normalized spacial score (nSPS) is 51.8. The van der Waals surface area contributed by atoms with Crippen LogP contribution in [-0.2, 0) is 14.3 Å². The van der Waals surface area contributed by atoms with Crippen LogP contribution in [0, 0.1) is 46.3 Å². The van der Waals surface area contributed by atoms with E-state index in [0.29, 0.717) is 58.5 Å². The predicted octanol–water partition coefficient (Wildman–Crippen LogP) is 5.09. The zero-order chi connectivity index (χ0) is 20.6. The summed E-state index contributed by atoms with van der Waals surface area (Å²) in [6.07, 6.45) is 9.91. The van der Waals surface area contributed by atoms with Crippen molar-refractivity contribution in [3.63, 3.8) is 0 Å². The molecule has 4 aliphatic carbocycles. The van der Waals surface area contributed by atoms with Crippen LogP contribution in [0.4, 0.5) is 0 Å². The van der Waals surface area contributed by atoms with Gasteiger partial charge < -0.3 is 9.84 Å². The van der Waals surface area contributed by atoms with Gasteiger partial charge in [0, 0.05) is 19.3 Å². The molecule has 0 aromatic rings. The zero-order valence-electron chi connectivity index (χ0n) is 18.4. The fourth-order valence-electron chi connectivity index (χ4n) is 9.11. The summed E-state index contributed by atoms with van der Waals surface area (Å²) >= 11 is 0. The highest BCUT2D eigenvalue weighted by Crippen LogP contribution is 2.72. The van der Waals surface area contributed by atoms with E-state index >= 15 is 0 Å². The average molecular weight is 403 g/mol. The van der Waals surface area contributed by atoms with Gasteiger partial charge in [-0.1, -0.05) is 20.8 Å². The van der Waals surface area contributed by atoms with Gasteiger partial charge >= 0.3 is 5.97 Å². The summed E-state index contributed by atoms with van der Waals surface area (Å²) in [6, 6.07) is 0. The highest BCUT2D eigenvalue weighted by molar-refractivity contribution is 5.79. The minimum atomic E-state index is -0.663. The van der Waals surface area contributed by atoms with Crippen molar-refractivity contribution in [2.24, 2.45) is 46.3 Å². The topological polar surface area (TPSA) is 66.9 Å². The summed E-state index contributed by atoms with van der Waals surface area (Å²) in [5.74, 6) is 3.49. The number of ketones is 1. The summed E-state index contributed by atoms with van der Waals surface area (Å²) in [4.78, 5) is 23.3. The first-order chi connectivity index (χ1) is 13.7. The van der Waals surface area contributed by atoms with Gasteiger partial charge in [0.1, 0.15) is 5.78 Å². The van der Waals surface area contributed by atoms with Crippen molar-refractivity contribution in [1.82, 2.24) is 0 Å². The van der Waals surface area contributed by atoms with E-state index in [1.807, 2.05) is 0 Å². The third-order valence-corrected chi connectivity index (χ3v) is 10.8. The number of carboxylic acids is 1. The molecule has 1 heterocycles. The maximum Gasteiger partial charge on any atom is 0.303 e. The zero-order valence-corrected chi connectivity index (χ0v) is 18.4. The van der Waals surface area contributed by atoms with Crippen LogP contribution in [0.5, 0.6) is 0 Å². The molecule has 4 heteroatoms. The van der Waals surface area contributed by atoms with Crippen molar-refractivity contribution < 1.29 is 19.4 Å². The first kappa shape index (κ1) is 20.0. The molecular formula is C25H38O4. The maximum absolute atomic E-state index is 12.2. The van der Waals surface area contributed by atoms with Crippen LogP contribution in [0.25, 0.3) is 0 Å². The lowest BCUT2D eigenvalue weighted by Crippen LogP contribution is -2.59. The molecule has 7 unspecified atom stereocenters. The predicted molar refractivity (Wildman–Crippen MR) is 110 cm³/mol. The molecule has 4 nitrogen and oxygen atoms in total. The molecule has 0 aromatic carbocycles. The Morgan fingerprint density at radius 1 is 1.17 bits per heavy atom. The lowest BCUT2D eigenvalue weighted by Gasteiger charge is -2.62. The van der Waals surface area contributed by atoms with Gasteiger partial charge in [-0.05, 0) is 91.3 Å². The standard InChI is InChI=1S/C25H38O4/c1-15(4-7-21(27)28)18-5-6-19-22-20(9-11-24(18,19)3)23(2)10-8-17(26)12-16(23)13-25(22)14-29-25/h15-16,18-20,22H,4-14H2,1-3H3,(H,27,28)/t15?,16?,18?,19?,20?,22?,23-,24+,25?/m0/s1. The van der Waals surface area contributed by atoms with Crippen LogP contribution in [0.2, 0.25) is 0 Å². The van der Waals surface area contributed by atoms with Gasteiger partial charge in [-0.2, -0.15) is 0 Å². The molecular weight excluding hydrogens is 364 g/mol. The maximum atomic E-state index is 12.2. The molecule has 162 valence electrons. The number of fused-ring (bicyclic) bond motifs is 6. The van der Waals surface area contributed by atoms with Crippen molar-refractivity contribution in [2.75, 3.05) is 6.61 Å². The van der Waals surface area contributed by atoms with Gasteiger partial charge in [0.25, 0.3) is 0 Å². The molecule has 5 fully saturated rings. The first-order valence-electron chi connectivity index (χ1n) is 12.1. The number of rotatable bonds is 4. The molecule has 5 aliphatic rings. The van der Waals surface area contributed by atoms with Gasteiger partial charge in [0.2, 0.25) is 0 Å². The van der Waals surface area contributed by atoms with E-state index in [9.17, 15) is 9.59 Å². The molecule has 0 aromatic heterocycles. The quantitative estimate of drug-likeness (QED) is 0.665. The van der Waals surface area contributed by atoms with Crippen LogP contribution < -0.4 is 0 Å². The van der Waals surface area contributed by atoms with Gasteiger partial charge in [-0.3, -0.25) is 9.59 Å². The van der Waals surface area contributed by atoms with Crippen LogP contribution >= 0.6 is 0 Å². The molecule has 9 atom stereocenters. The Morgan fingerprint density at radius 3 is 2.59 bits per heavy atom. The molecule has 1 N–H and O–H groups in total. The molecule has 4 saturated carbocycles. The Kier molecular flexibility index (Phi) is 4.52. The highest BCUT2D eigenvalue weighted by atomic mass is 16.6. The van der Waals surface area contributed by atoms with Crippen molar-refractivity contribution in [3.8, 4) is 0 Å². The number of epoxide rings is 1.